The van der Waals surface area contributed by atoms with E-state index in [-0.39, 0.29) is 11.8 Å². The molecule has 6 heteroatoms. The van der Waals surface area contributed by atoms with Gasteiger partial charge in [0.05, 0.1) is 12.1 Å². The van der Waals surface area contributed by atoms with Crippen LogP contribution in [0, 0.1) is 5.92 Å². The first kappa shape index (κ1) is 23.2. The summed E-state index contributed by atoms with van der Waals surface area (Å²) in [5.41, 5.74) is 4.92. The number of benzene rings is 3. The minimum absolute atomic E-state index is 0.137. The maximum Gasteiger partial charge on any atom is 0.262 e. The van der Waals surface area contributed by atoms with Crippen LogP contribution in [0.25, 0.3) is 0 Å². The fraction of sp³-hybridized carbons (Fsp3) is 0.192. The van der Waals surface area contributed by atoms with Gasteiger partial charge in [-0.25, -0.2) is 5.43 Å². The Morgan fingerprint density at radius 1 is 0.812 bits per heavy atom. The second-order valence-electron chi connectivity index (χ2n) is 7.74. The topological polar surface area (TPSA) is 70.6 Å². The van der Waals surface area contributed by atoms with E-state index < -0.39 is 17.9 Å². The van der Waals surface area contributed by atoms with E-state index in [1.54, 1.807) is 12.1 Å². The maximum absolute atomic E-state index is 13.4. The molecule has 32 heavy (non-hydrogen) atoms. The van der Waals surface area contributed by atoms with E-state index in [9.17, 15) is 9.59 Å². The zero-order valence-corrected chi connectivity index (χ0v) is 18.8. The molecule has 0 heterocycles. The predicted molar refractivity (Wildman–Crippen MR) is 129 cm³/mol. The predicted octanol–water partition coefficient (Wildman–Crippen LogP) is 4.76. The van der Waals surface area contributed by atoms with Crippen LogP contribution in [-0.4, -0.2) is 24.1 Å². The molecule has 2 amide bonds. The summed E-state index contributed by atoms with van der Waals surface area (Å²) >= 11 is 6.11. The second-order valence-corrected chi connectivity index (χ2v) is 8.15. The molecule has 0 aliphatic carbocycles. The first-order chi connectivity index (χ1) is 15.5. The van der Waals surface area contributed by atoms with Crippen LogP contribution in [0.15, 0.2) is 90.0 Å². The minimum atomic E-state index is -0.749. The van der Waals surface area contributed by atoms with Crippen LogP contribution >= 0.6 is 11.6 Å². The molecule has 0 aromatic heterocycles. The number of nitrogens with one attached hydrogen (secondary N) is 2. The van der Waals surface area contributed by atoms with Crippen molar-refractivity contribution in [3.8, 4) is 0 Å². The molecule has 0 spiro atoms. The Balaban J connectivity index is 1.76. The van der Waals surface area contributed by atoms with Gasteiger partial charge in [-0.1, -0.05) is 104 Å². The van der Waals surface area contributed by atoms with Crippen LogP contribution in [0.5, 0.6) is 0 Å². The van der Waals surface area contributed by atoms with Gasteiger partial charge in [0.2, 0.25) is 5.91 Å². The number of hydrogen-bond acceptors (Lipinski definition) is 3. The van der Waals surface area contributed by atoms with Crippen LogP contribution in [0.3, 0.4) is 0 Å². The van der Waals surface area contributed by atoms with E-state index in [0.29, 0.717) is 10.6 Å². The lowest BCUT2D eigenvalue weighted by Crippen LogP contribution is -2.50. The van der Waals surface area contributed by atoms with Crippen LogP contribution in [0.2, 0.25) is 5.02 Å². The molecule has 5 nitrogen and oxygen atoms in total. The summed E-state index contributed by atoms with van der Waals surface area (Å²) in [4.78, 5) is 26.2. The number of nitrogens with zero attached hydrogens (tertiary/aromatic N) is 1. The molecular weight excluding hydrogens is 422 g/mol. The molecule has 0 radical (unpaired) electrons. The molecule has 3 aromatic carbocycles. The van der Waals surface area contributed by atoms with Gasteiger partial charge in [-0.3, -0.25) is 9.59 Å². The normalized spacial score (nSPS) is 12.2. The van der Waals surface area contributed by atoms with Gasteiger partial charge >= 0.3 is 0 Å². The van der Waals surface area contributed by atoms with Crippen molar-refractivity contribution in [2.24, 2.45) is 11.0 Å². The number of halogens is 1. The zero-order chi connectivity index (χ0) is 22.9. The number of rotatable bonds is 8. The van der Waals surface area contributed by atoms with Crippen molar-refractivity contribution in [2.45, 2.75) is 25.8 Å². The highest BCUT2D eigenvalue weighted by Crippen LogP contribution is 2.25. The first-order valence-corrected chi connectivity index (χ1v) is 10.8. The first-order valence-electron chi connectivity index (χ1n) is 10.4. The summed E-state index contributed by atoms with van der Waals surface area (Å²) in [6.45, 7) is 3.75. The van der Waals surface area contributed by atoms with Crippen molar-refractivity contribution < 1.29 is 9.59 Å². The molecule has 2 N–H and O–H groups in total. The largest absolute Gasteiger partial charge is 0.343 e. The van der Waals surface area contributed by atoms with Crippen LogP contribution in [0.1, 0.15) is 36.5 Å². The van der Waals surface area contributed by atoms with Gasteiger partial charge in [-0.05, 0) is 23.1 Å². The fourth-order valence-electron chi connectivity index (χ4n) is 3.37. The Hall–Kier alpha value is -3.44. The second kappa shape index (κ2) is 11.3. The standard InChI is InChI=1S/C26H26ClN3O2/c1-18(2)24(26(32)30-28-17-21-15-9-10-16-22(21)27)29-25(31)23(19-11-5-3-6-12-19)20-13-7-4-8-14-20/h3-18,23-24H,1-2H3,(H,29,31)(H,30,32)/b28-17-/t24-/m1/s1. The summed E-state index contributed by atoms with van der Waals surface area (Å²) in [6, 6.07) is 25.5. The molecule has 3 aromatic rings. The third kappa shape index (κ3) is 6.05. The number of carbonyl (C=O) groups is 2. The summed E-state index contributed by atoms with van der Waals surface area (Å²) in [5.74, 6) is -1.30. The number of amides is 2. The van der Waals surface area contributed by atoms with E-state index in [1.165, 1.54) is 6.21 Å². The number of hydrazone groups is 1. The molecule has 1 atom stereocenters. The smallest absolute Gasteiger partial charge is 0.262 e. The average Bonchev–Trinajstić information content (AvgIpc) is 2.80. The monoisotopic (exact) mass is 447 g/mol. The molecule has 0 fully saturated rings. The van der Waals surface area contributed by atoms with Crippen molar-refractivity contribution in [3.63, 3.8) is 0 Å². The molecule has 0 unspecified atom stereocenters. The SMILES string of the molecule is CC(C)[C@@H](NC(=O)C(c1ccccc1)c1ccccc1)C(=O)N/N=C\c1ccccc1Cl. The molecule has 0 aliphatic rings. The van der Waals surface area contributed by atoms with Gasteiger partial charge in [0.15, 0.2) is 0 Å². The number of carbonyl (C=O) groups excluding carboxylic acids is 2. The Bertz CT molecular complexity index is 1030. The lowest BCUT2D eigenvalue weighted by Gasteiger charge is -2.24. The van der Waals surface area contributed by atoms with E-state index >= 15 is 0 Å². The fourth-order valence-corrected chi connectivity index (χ4v) is 3.56. The molecule has 0 bridgehead atoms. The molecule has 0 saturated heterocycles. The van der Waals surface area contributed by atoms with Crippen LogP contribution < -0.4 is 10.7 Å². The van der Waals surface area contributed by atoms with Crippen LogP contribution in [-0.2, 0) is 9.59 Å². The number of hydrogen-bond donors (Lipinski definition) is 2. The minimum Gasteiger partial charge on any atom is -0.343 e. The maximum atomic E-state index is 13.4. The third-order valence-corrected chi connectivity index (χ3v) is 5.40. The lowest BCUT2D eigenvalue weighted by atomic mass is 9.89. The molecule has 164 valence electrons. The average molecular weight is 448 g/mol. The van der Waals surface area contributed by atoms with Gasteiger partial charge in [0.1, 0.15) is 6.04 Å². The third-order valence-electron chi connectivity index (χ3n) is 5.06. The van der Waals surface area contributed by atoms with Crippen molar-refractivity contribution >= 4 is 29.6 Å². The highest BCUT2D eigenvalue weighted by Gasteiger charge is 2.29. The quantitative estimate of drug-likeness (QED) is 0.386. The van der Waals surface area contributed by atoms with Crippen molar-refractivity contribution in [1.82, 2.24) is 10.7 Å². The Morgan fingerprint density at radius 3 is 1.88 bits per heavy atom. The van der Waals surface area contributed by atoms with E-state index in [2.05, 4.69) is 15.8 Å². The van der Waals surface area contributed by atoms with Gasteiger partial charge in [-0.15, -0.1) is 0 Å². The summed E-state index contributed by atoms with van der Waals surface area (Å²) in [7, 11) is 0. The Labute approximate surface area is 193 Å². The highest BCUT2D eigenvalue weighted by molar-refractivity contribution is 6.33. The van der Waals surface area contributed by atoms with Crippen molar-refractivity contribution in [1.29, 1.82) is 0 Å². The highest BCUT2D eigenvalue weighted by atomic mass is 35.5. The van der Waals surface area contributed by atoms with Gasteiger partial charge in [0.25, 0.3) is 5.91 Å². The van der Waals surface area contributed by atoms with Crippen LogP contribution in [0.4, 0.5) is 0 Å². The summed E-state index contributed by atoms with van der Waals surface area (Å²) < 4.78 is 0. The molecular formula is C26H26ClN3O2. The van der Waals surface area contributed by atoms with E-state index in [1.807, 2.05) is 86.6 Å². The Morgan fingerprint density at radius 2 is 1.34 bits per heavy atom. The Kier molecular flexibility index (Phi) is 8.17. The molecule has 0 aliphatic heterocycles. The van der Waals surface area contributed by atoms with Gasteiger partial charge < -0.3 is 5.32 Å². The van der Waals surface area contributed by atoms with Gasteiger partial charge in [0, 0.05) is 10.6 Å². The van der Waals surface area contributed by atoms with Crippen molar-refractivity contribution in [2.75, 3.05) is 0 Å². The zero-order valence-electron chi connectivity index (χ0n) is 18.0. The van der Waals surface area contributed by atoms with E-state index in [4.69, 9.17) is 11.6 Å². The lowest BCUT2D eigenvalue weighted by molar-refractivity contribution is -0.130. The van der Waals surface area contributed by atoms with Crippen molar-refractivity contribution in [3.05, 3.63) is 107 Å². The molecule has 0 saturated carbocycles. The molecule has 3 rings (SSSR count). The van der Waals surface area contributed by atoms with Gasteiger partial charge in [-0.2, -0.15) is 5.10 Å². The van der Waals surface area contributed by atoms with E-state index in [0.717, 1.165) is 11.1 Å². The summed E-state index contributed by atoms with van der Waals surface area (Å²) in [5, 5.41) is 7.47. The summed E-state index contributed by atoms with van der Waals surface area (Å²) in [6.07, 6.45) is 1.48.